The van der Waals surface area contributed by atoms with Crippen molar-refractivity contribution in [3.05, 3.63) is 23.3 Å². The second-order valence-electron chi connectivity index (χ2n) is 17.2. The first-order chi connectivity index (χ1) is 21.8. The fraction of sp³-hybridized carbons (Fsp3) is 0.816. The number of methoxy groups -OCH3 is 1. The van der Waals surface area contributed by atoms with Crippen LogP contribution in [0.2, 0.25) is 0 Å². The van der Waals surface area contributed by atoms with Gasteiger partial charge in [0, 0.05) is 54.1 Å². The number of hydrogen-bond donors (Lipinski definition) is 1. The molecule has 0 aromatic heterocycles. The SMILES string of the molecule is C/C=C(\C)C(=O)O[C@@H]1C[C@]2(C)C(=CC[C@H]2[C@@H]2C[C@@H]([C@@H]3OC3(C)C)O[C@H]2OC)[C@]2(C)[C@H](OC(C)=O)C[C@H]3C(C)(C)C(=O)C[C@H](O)[C@]3(C)[C@@H]12. The summed E-state index contributed by atoms with van der Waals surface area (Å²) in [7, 11) is 1.69. The summed E-state index contributed by atoms with van der Waals surface area (Å²) in [5.74, 6) is -1.34. The summed E-state index contributed by atoms with van der Waals surface area (Å²) in [6.07, 6.45) is 4.04. The molecule has 0 bridgehead atoms. The Balaban J connectivity index is 1.48. The molecule has 1 N–H and O–H groups in total. The van der Waals surface area contributed by atoms with E-state index in [1.807, 2.05) is 20.8 Å². The summed E-state index contributed by atoms with van der Waals surface area (Å²) in [5, 5.41) is 12.0. The Morgan fingerprint density at radius 2 is 1.70 bits per heavy atom. The minimum Gasteiger partial charge on any atom is -0.462 e. The predicted molar refractivity (Wildman–Crippen MR) is 174 cm³/mol. The van der Waals surface area contributed by atoms with Crippen LogP contribution < -0.4 is 0 Å². The molecule has 2 aliphatic heterocycles. The second-order valence-corrected chi connectivity index (χ2v) is 17.2. The average Bonchev–Trinajstić information content (AvgIpc) is 3.26. The molecule has 4 aliphatic carbocycles. The number of hydrogen-bond acceptors (Lipinski definition) is 9. The molecule has 3 saturated carbocycles. The minimum atomic E-state index is -0.939. The molecular weight excluding hydrogens is 600 g/mol. The van der Waals surface area contributed by atoms with Gasteiger partial charge in [-0.1, -0.05) is 52.3 Å². The normalized spacial score (nSPS) is 48.1. The van der Waals surface area contributed by atoms with Gasteiger partial charge in [-0.15, -0.1) is 0 Å². The second kappa shape index (κ2) is 11.2. The maximum Gasteiger partial charge on any atom is 0.333 e. The average molecular weight is 657 g/mol. The van der Waals surface area contributed by atoms with Crippen molar-refractivity contribution in [1.29, 1.82) is 0 Å². The van der Waals surface area contributed by atoms with E-state index in [1.54, 1.807) is 20.1 Å². The highest BCUT2D eigenvalue weighted by Gasteiger charge is 2.75. The van der Waals surface area contributed by atoms with Gasteiger partial charge in [-0.3, -0.25) is 9.59 Å². The molecule has 6 rings (SSSR count). The zero-order valence-electron chi connectivity index (χ0n) is 30.2. The van der Waals surface area contributed by atoms with Crippen LogP contribution in [0.1, 0.15) is 101 Å². The molecule has 0 aromatic carbocycles. The number of Topliss-reactive ketones (excluding diaryl/α,β-unsaturated/α-hetero) is 1. The van der Waals surface area contributed by atoms with Crippen LogP contribution in [0.25, 0.3) is 0 Å². The van der Waals surface area contributed by atoms with Gasteiger partial charge in [0.25, 0.3) is 0 Å². The van der Waals surface area contributed by atoms with Gasteiger partial charge in [0.15, 0.2) is 6.29 Å². The van der Waals surface area contributed by atoms with Crippen molar-refractivity contribution in [2.75, 3.05) is 7.11 Å². The summed E-state index contributed by atoms with van der Waals surface area (Å²) >= 11 is 0. The van der Waals surface area contributed by atoms with Gasteiger partial charge in [-0.25, -0.2) is 4.79 Å². The van der Waals surface area contributed by atoms with Gasteiger partial charge in [-0.05, 0) is 70.6 Å². The smallest absolute Gasteiger partial charge is 0.333 e. The largest absolute Gasteiger partial charge is 0.462 e. The maximum atomic E-state index is 13.7. The number of allylic oxidation sites excluding steroid dienone is 2. The van der Waals surface area contributed by atoms with Gasteiger partial charge in [0.1, 0.15) is 24.1 Å². The standard InChI is InChI=1S/C38H56O9/c1-12-19(2)32(42)45-24-18-36(8)22(21-15-23(46-33(21)43-11)31-35(6,7)47-31)13-14-25(36)38(10)29(44-20(3)39)16-26-34(4,5)27(40)17-28(41)37(26,9)30(24)38/h12,14,21-24,26,28-31,33,41H,13,15-18H2,1-11H3/b19-12+/t21-,22-,23-,24+,26-,28-,29+,30+,31-,33+,36-,37+,38+/m0/s1. The lowest BCUT2D eigenvalue weighted by atomic mass is 9.36. The van der Waals surface area contributed by atoms with Gasteiger partial charge in [0.2, 0.25) is 0 Å². The van der Waals surface area contributed by atoms with Gasteiger partial charge in [-0.2, -0.15) is 0 Å². The topological polar surface area (TPSA) is 121 Å². The Hall–Kier alpha value is -2.07. The number of epoxide rings is 1. The first kappa shape index (κ1) is 34.8. The third-order valence-electron chi connectivity index (χ3n) is 14.1. The van der Waals surface area contributed by atoms with Crippen molar-refractivity contribution in [3.63, 3.8) is 0 Å². The van der Waals surface area contributed by atoms with Crippen LogP contribution in [-0.4, -0.2) is 72.3 Å². The lowest BCUT2D eigenvalue weighted by molar-refractivity contribution is -0.256. The first-order valence-corrected chi connectivity index (χ1v) is 17.6. The zero-order valence-corrected chi connectivity index (χ0v) is 30.2. The molecule has 262 valence electrons. The van der Waals surface area contributed by atoms with Gasteiger partial charge >= 0.3 is 11.9 Å². The minimum absolute atomic E-state index is 0.000896. The number of ether oxygens (including phenoxy) is 5. The Morgan fingerprint density at radius 1 is 1.04 bits per heavy atom. The highest BCUT2D eigenvalue weighted by Crippen LogP contribution is 2.74. The van der Waals surface area contributed by atoms with Crippen LogP contribution in [0.15, 0.2) is 23.3 Å². The summed E-state index contributed by atoms with van der Waals surface area (Å²) in [6, 6.07) is 0. The molecule has 0 spiro atoms. The highest BCUT2D eigenvalue weighted by molar-refractivity contribution is 5.88. The van der Waals surface area contributed by atoms with Crippen LogP contribution in [-0.2, 0) is 38.1 Å². The van der Waals surface area contributed by atoms with Gasteiger partial charge in [0.05, 0.1) is 17.8 Å². The van der Waals surface area contributed by atoms with E-state index in [0.29, 0.717) is 18.4 Å². The molecule has 9 nitrogen and oxygen atoms in total. The van der Waals surface area contributed by atoms with E-state index in [9.17, 15) is 19.5 Å². The maximum absolute atomic E-state index is 13.7. The fourth-order valence-corrected chi connectivity index (χ4v) is 11.6. The van der Waals surface area contributed by atoms with Crippen molar-refractivity contribution in [2.45, 2.75) is 144 Å². The van der Waals surface area contributed by atoms with Crippen molar-refractivity contribution in [2.24, 2.45) is 45.3 Å². The van der Waals surface area contributed by atoms with Crippen LogP contribution in [0.3, 0.4) is 0 Å². The Labute approximate surface area is 280 Å². The number of aliphatic hydroxyl groups excluding tert-OH is 1. The third kappa shape index (κ3) is 4.95. The number of carbonyl (C=O) groups is 3. The number of carbonyl (C=O) groups excluding carboxylic acids is 3. The van der Waals surface area contributed by atoms with Crippen molar-refractivity contribution in [3.8, 4) is 0 Å². The van der Waals surface area contributed by atoms with Crippen molar-refractivity contribution >= 4 is 17.7 Å². The van der Waals surface area contributed by atoms with Crippen LogP contribution in [0.5, 0.6) is 0 Å². The monoisotopic (exact) mass is 656 g/mol. The van der Waals surface area contributed by atoms with Crippen molar-refractivity contribution in [1.82, 2.24) is 0 Å². The predicted octanol–water partition coefficient (Wildman–Crippen LogP) is 5.72. The van der Waals surface area contributed by atoms with E-state index in [0.717, 1.165) is 12.8 Å². The third-order valence-corrected chi connectivity index (χ3v) is 14.1. The Morgan fingerprint density at radius 3 is 2.28 bits per heavy atom. The molecule has 0 aromatic rings. The summed E-state index contributed by atoms with van der Waals surface area (Å²) in [4.78, 5) is 40.0. The van der Waals surface area contributed by atoms with E-state index in [-0.39, 0.29) is 47.8 Å². The van der Waals surface area contributed by atoms with Crippen LogP contribution in [0.4, 0.5) is 0 Å². The molecule has 13 atom stereocenters. The molecule has 9 heteroatoms. The lowest BCUT2D eigenvalue weighted by Gasteiger charge is -2.69. The van der Waals surface area contributed by atoms with E-state index in [1.165, 1.54) is 12.5 Å². The quantitative estimate of drug-likeness (QED) is 0.166. The number of fused-ring (bicyclic) bond motifs is 5. The first-order valence-electron chi connectivity index (χ1n) is 17.6. The number of ketones is 1. The summed E-state index contributed by atoms with van der Waals surface area (Å²) < 4.78 is 31.3. The number of aliphatic hydroxyl groups is 1. The van der Waals surface area contributed by atoms with E-state index in [4.69, 9.17) is 23.7 Å². The van der Waals surface area contributed by atoms with Crippen LogP contribution in [0, 0.1) is 45.3 Å². The van der Waals surface area contributed by atoms with E-state index >= 15 is 0 Å². The highest BCUT2D eigenvalue weighted by atomic mass is 16.7. The van der Waals surface area contributed by atoms with E-state index < -0.39 is 64.1 Å². The molecule has 2 saturated heterocycles. The fourth-order valence-electron chi connectivity index (χ4n) is 11.6. The van der Waals surface area contributed by atoms with Crippen molar-refractivity contribution < 1.29 is 43.2 Å². The number of esters is 2. The molecule has 47 heavy (non-hydrogen) atoms. The Kier molecular flexibility index (Phi) is 8.31. The summed E-state index contributed by atoms with van der Waals surface area (Å²) in [6.45, 7) is 19.6. The van der Waals surface area contributed by atoms with E-state index in [2.05, 4.69) is 40.7 Å². The molecule has 5 fully saturated rings. The molecule has 6 aliphatic rings. The molecular formula is C38H56O9. The van der Waals surface area contributed by atoms with Gasteiger partial charge < -0.3 is 28.8 Å². The molecule has 0 amide bonds. The molecule has 2 heterocycles. The molecule has 0 radical (unpaired) electrons. The zero-order chi connectivity index (χ0) is 34.6. The van der Waals surface area contributed by atoms with Crippen LogP contribution >= 0.6 is 0 Å². The summed E-state index contributed by atoms with van der Waals surface area (Å²) in [5.41, 5.74) is -1.34. The molecule has 0 unspecified atom stereocenters. The number of rotatable bonds is 6. The lowest BCUT2D eigenvalue weighted by Crippen LogP contribution is -2.72. The Bertz CT molecular complexity index is 1390.